The number of hydrogen-bond acceptors (Lipinski definition) is 5. The van der Waals surface area contributed by atoms with Gasteiger partial charge in [0.1, 0.15) is 5.75 Å². The van der Waals surface area contributed by atoms with E-state index in [1.807, 2.05) is 32.0 Å². The average Bonchev–Trinajstić information content (AvgIpc) is 2.88. The molecule has 0 radical (unpaired) electrons. The third kappa shape index (κ3) is 4.72. The molecule has 0 unspecified atom stereocenters. The van der Waals surface area contributed by atoms with E-state index in [0.29, 0.717) is 22.4 Å². The molecule has 4 aromatic carbocycles. The summed E-state index contributed by atoms with van der Waals surface area (Å²) in [5.74, 6) is -0.476. The zero-order chi connectivity index (χ0) is 26.0. The average molecular weight is 499 g/mol. The summed E-state index contributed by atoms with van der Waals surface area (Å²) in [6.07, 6.45) is 1.17. The van der Waals surface area contributed by atoms with Crippen LogP contribution in [0.5, 0.6) is 5.75 Å². The number of ketones is 2. The maximum Gasteiger partial charge on any atom is 0.234 e. The lowest BCUT2D eigenvalue weighted by atomic mass is 9.85. The van der Waals surface area contributed by atoms with Gasteiger partial charge >= 0.3 is 0 Å². The number of benzene rings is 4. The number of aryl methyl sites for hydroxylation is 1. The molecule has 0 heterocycles. The molecule has 6 heteroatoms. The second-order valence-corrected chi connectivity index (χ2v) is 10.7. The van der Waals surface area contributed by atoms with Gasteiger partial charge in [-0.15, -0.1) is 0 Å². The molecule has 0 saturated carbocycles. The molecule has 0 bridgehead atoms. The molecule has 182 valence electrons. The molecule has 36 heavy (non-hydrogen) atoms. The molecule has 0 amide bonds. The molecular formula is C30H26O5S. The van der Waals surface area contributed by atoms with Crippen LogP contribution in [0.15, 0.2) is 89.8 Å². The first kappa shape index (κ1) is 25.1. The third-order valence-corrected chi connectivity index (χ3v) is 7.31. The molecule has 5 nitrogen and oxygen atoms in total. The maximum atomic E-state index is 13.4. The lowest BCUT2D eigenvalue weighted by Crippen LogP contribution is -2.15. The van der Waals surface area contributed by atoms with Gasteiger partial charge in [-0.05, 0) is 65.4 Å². The van der Waals surface area contributed by atoms with Crippen molar-refractivity contribution in [2.24, 2.45) is 0 Å². The van der Waals surface area contributed by atoms with Crippen molar-refractivity contribution >= 4 is 21.4 Å². The predicted octanol–water partition coefficient (Wildman–Crippen LogP) is 6.12. The Balaban J connectivity index is 1.94. The van der Waals surface area contributed by atoms with Crippen molar-refractivity contribution in [2.45, 2.75) is 18.7 Å². The van der Waals surface area contributed by atoms with Crippen LogP contribution in [0.3, 0.4) is 0 Å². The van der Waals surface area contributed by atoms with Crippen molar-refractivity contribution in [1.29, 1.82) is 0 Å². The Kier molecular flexibility index (Phi) is 6.91. The zero-order valence-corrected chi connectivity index (χ0v) is 21.3. The second-order valence-electron chi connectivity index (χ2n) is 8.64. The van der Waals surface area contributed by atoms with Crippen molar-refractivity contribution in [1.82, 2.24) is 0 Å². The summed E-state index contributed by atoms with van der Waals surface area (Å²) in [6.45, 7) is 3.85. The quantitative estimate of drug-likeness (QED) is 0.227. The van der Waals surface area contributed by atoms with Gasteiger partial charge in [-0.3, -0.25) is 9.59 Å². The van der Waals surface area contributed by atoms with E-state index < -0.39 is 21.4 Å². The number of carbonyl (C=O) groups excluding carboxylic acids is 2. The SMILES string of the molecule is COc1c(C)cc(-c2ccccc2C(=O)C(=O)c2ccccc2)c(-c2ccc(S(C)(=O)=O)cc2)c1C. The Morgan fingerprint density at radius 1 is 0.750 bits per heavy atom. The molecule has 0 spiro atoms. The first-order chi connectivity index (χ1) is 17.1. The Morgan fingerprint density at radius 3 is 1.97 bits per heavy atom. The summed E-state index contributed by atoms with van der Waals surface area (Å²) in [7, 11) is -1.76. The molecule has 0 aromatic heterocycles. The number of sulfone groups is 1. The topological polar surface area (TPSA) is 77.5 Å². The molecule has 4 aromatic rings. The number of rotatable bonds is 7. The van der Waals surface area contributed by atoms with E-state index in [-0.39, 0.29) is 4.90 Å². The number of hydrogen-bond donors (Lipinski definition) is 0. The van der Waals surface area contributed by atoms with Gasteiger partial charge in [0.15, 0.2) is 9.84 Å². The summed E-state index contributed by atoms with van der Waals surface area (Å²) in [6, 6.07) is 24.1. The van der Waals surface area contributed by atoms with Gasteiger partial charge in [-0.25, -0.2) is 8.42 Å². The van der Waals surface area contributed by atoms with Gasteiger partial charge in [0, 0.05) is 17.4 Å². The van der Waals surface area contributed by atoms with Crippen LogP contribution in [0.1, 0.15) is 31.8 Å². The Hall–Kier alpha value is -4.03. The largest absolute Gasteiger partial charge is 0.496 e. The van der Waals surface area contributed by atoms with Crippen molar-refractivity contribution in [3.63, 3.8) is 0 Å². The fraction of sp³-hybridized carbons (Fsp3) is 0.133. The standard InChI is InChI=1S/C30H26O5S/c1-19-18-26(24-12-8-9-13-25(24)29(32)28(31)22-10-6-5-7-11-22)27(20(2)30(19)35-3)21-14-16-23(17-15-21)36(4,33)34/h5-18H,1-4H3. The number of carbonyl (C=O) groups is 2. The highest BCUT2D eigenvalue weighted by molar-refractivity contribution is 7.90. The van der Waals surface area contributed by atoms with Crippen LogP contribution < -0.4 is 4.74 Å². The fourth-order valence-corrected chi connectivity index (χ4v) is 5.12. The van der Waals surface area contributed by atoms with Gasteiger partial charge in [-0.1, -0.05) is 66.7 Å². The summed E-state index contributed by atoms with van der Waals surface area (Å²) < 4.78 is 29.6. The van der Waals surface area contributed by atoms with Gasteiger partial charge < -0.3 is 4.74 Å². The Labute approximate surface area is 211 Å². The van der Waals surface area contributed by atoms with Crippen LogP contribution in [0, 0.1) is 13.8 Å². The van der Waals surface area contributed by atoms with E-state index in [0.717, 1.165) is 27.8 Å². The highest BCUT2D eigenvalue weighted by Gasteiger charge is 2.24. The van der Waals surface area contributed by atoms with Crippen LogP contribution in [-0.2, 0) is 9.84 Å². The summed E-state index contributed by atoms with van der Waals surface area (Å²) in [5.41, 5.74) is 5.27. The lowest BCUT2D eigenvalue weighted by molar-refractivity contribution is 0.0817. The smallest absolute Gasteiger partial charge is 0.234 e. The number of Topliss-reactive ketones (excluding diaryl/α,β-unsaturated/α-hetero) is 2. The Morgan fingerprint density at radius 2 is 1.36 bits per heavy atom. The summed E-state index contributed by atoms with van der Waals surface area (Å²) in [5, 5.41) is 0. The molecule has 0 fully saturated rings. The first-order valence-corrected chi connectivity index (χ1v) is 13.2. The molecule has 4 rings (SSSR count). The highest BCUT2D eigenvalue weighted by atomic mass is 32.2. The molecule has 0 aliphatic heterocycles. The maximum absolute atomic E-state index is 13.4. The van der Waals surface area contributed by atoms with Crippen molar-refractivity contribution < 1.29 is 22.7 Å². The van der Waals surface area contributed by atoms with E-state index in [9.17, 15) is 18.0 Å². The molecule has 0 saturated heterocycles. The van der Waals surface area contributed by atoms with E-state index in [1.54, 1.807) is 73.8 Å². The third-order valence-electron chi connectivity index (χ3n) is 6.18. The second kappa shape index (κ2) is 9.91. The fourth-order valence-electron chi connectivity index (χ4n) is 4.49. The minimum Gasteiger partial charge on any atom is -0.496 e. The van der Waals surface area contributed by atoms with Crippen LogP contribution in [-0.4, -0.2) is 33.3 Å². The van der Waals surface area contributed by atoms with Gasteiger partial charge in [0.25, 0.3) is 0 Å². The van der Waals surface area contributed by atoms with Crippen LogP contribution in [0.2, 0.25) is 0 Å². The van der Waals surface area contributed by atoms with E-state index in [2.05, 4.69) is 0 Å². The minimum atomic E-state index is -3.35. The van der Waals surface area contributed by atoms with Crippen molar-refractivity contribution in [2.75, 3.05) is 13.4 Å². The Bertz CT molecular complexity index is 1570. The highest BCUT2D eigenvalue weighted by Crippen LogP contribution is 2.42. The normalized spacial score (nSPS) is 11.2. The predicted molar refractivity (Wildman–Crippen MR) is 142 cm³/mol. The van der Waals surface area contributed by atoms with Crippen LogP contribution in [0.25, 0.3) is 22.3 Å². The minimum absolute atomic E-state index is 0.216. The van der Waals surface area contributed by atoms with Crippen LogP contribution >= 0.6 is 0 Å². The zero-order valence-electron chi connectivity index (χ0n) is 20.5. The van der Waals surface area contributed by atoms with E-state index >= 15 is 0 Å². The first-order valence-electron chi connectivity index (χ1n) is 11.4. The van der Waals surface area contributed by atoms with Crippen molar-refractivity contribution in [3.8, 4) is 28.0 Å². The number of ether oxygens (including phenoxy) is 1. The molecular weight excluding hydrogens is 472 g/mol. The summed E-state index contributed by atoms with van der Waals surface area (Å²) >= 11 is 0. The van der Waals surface area contributed by atoms with E-state index in [1.165, 1.54) is 6.26 Å². The van der Waals surface area contributed by atoms with E-state index in [4.69, 9.17) is 4.74 Å². The van der Waals surface area contributed by atoms with Crippen molar-refractivity contribution in [3.05, 3.63) is 107 Å². The van der Waals surface area contributed by atoms with Gasteiger partial charge in [0.05, 0.1) is 12.0 Å². The molecule has 0 atom stereocenters. The van der Waals surface area contributed by atoms with Gasteiger partial charge in [0.2, 0.25) is 11.6 Å². The molecule has 0 aliphatic rings. The molecule has 0 aliphatic carbocycles. The van der Waals surface area contributed by atoms with Gasteiger partial charge in [-0.2, -0.15) is 0 Å². The summed E-state index contributed by atoms with van der Waals surface area (Å²) in [4.78, 5) is 26.6. The van der Waals surface area contributed by atoms with Crippen LogP contribution in [0.4, 0.5) is 0 Å². The molecule has 0 N–H and O–H groups in total. The number of methoxy groups -OCH3 is 1. The lowest BCUT2D eigenvalue weighted by Gasteiger charge is -2.20. The monoisotopic (exact) mass is 498 g/mol.